The largest absolute Gasteiger partial charge is 0.491 e. The Hall–Kier alpha value is -2.43. The quantitative estimate of drug-likeness (QED) is 0.498. The van der Waals surface area contributed by atoms with Crippen molar-refractivity contribution < 1.29 is 9.53 Å². The van der Waals surface area contributed by atoms with Gasteiger partial charge in [-0.05, 0) is 64.5 Å². The zero-order valence-electron chi connectivity index (χ0n) is 17.0. The first-order chi connectivity index (χ1) is 12.9. The summed E-state index contributed by atoms with van der Waals surface area (Å²) < 4.78 is 5.85. The van der Waals surface area contributed by atoms with E-state index in [1.54, 1.807) is 6.08 Å². The van der Waals surface area contributed by atoms with Crippen molar-refractivity contribution in [1.29, 1.82) is 0 Å². The van der Waals surface area contributed by atoms with Gasteiger partial charge < -0.3 is 14.5 Å². The summed E-state index contributed by atoms with van der Waals surface area (Å²) in [5.41, 5.74) is 3.90. The van der Waals surface area contributed by atoms with E-state index in [-0.39, 0.29) is 5.78 Å². The molecule has 4 nitrogen and oxygen atoms in total. The van der Waals surface area contributed by atoms with Crippen molar-refractivity contribution in [3.8, 4) is 5.75 Å². The van der Waals surface area contributed by atoms with Crippen molar-refractivity contribution >= 4 is 11.9 Å². The van der Waals surface area contributed by atoms with Gasteiger partial charge in [0.2, 0.25) is 0 Å². The maximum atomic E-state index is 12.8. The maximum absolute atomic E-state index is 12.8. The molecule has 4 heteroatoms. The lowest BCUT2D eigenvalue weighted by Crippen LogP contribution is -2.20. The third-order valence-electron chi connectivity index (χ3n) is 4.15. The second-order valence-electron chi connectivity index (χ2n) is 7.29. The standard InChI is InChI=1S/C23H30N2O2/c1-18-10-13-23(27-15-14-24(2)3)21(16-18)22(26)12-11-19-8-6-7-9-20(19)17-25(4)5/h6-13,16H,14-15,17H2,1-5H3/b12-11+. The summed E-state index contributed by atoms with van der Waals surface area (Å²) in [5.74, 6) is 0.594. The fraction of sp³-hybridized carbons (Fsp3) is 0.348. The van der Waals surface area contributed by atoms with E-state index in [1.165, 1.54) is 5.56 Å². The molecular weight excluding hydrogens is 336 g/mol. The molecule has 0 saturated heterocycles. The number of aryl methyl sites for hydroxylation is 1. The van der Waals surface area contributed by atoms with Crippen LogP contribution in [0.25, 0.3) is 6.08 Å². The van der Waals surface area contributed by atoms with Crippen LogP contribution in [0.2, 0.25) is 0 Å². The Morgan fingerprint density at radius 2 is 1.78 bits per heavy atom. The molecular formula is C23H30N2O2. The Morgan fingerprint density at radius 1 is 1.04 bits per heavy atom. The first kappa shape index (κ1) is 20.9. The molecule has 0 aliphatic heterocycles. The van der Waals surface area contributed by atoms with Crippen LogP contribution in [-0.4, -0.2) is 56.9 Å². The van der Waals surface area contributed by atoms with Gasteiger partial charge in [-0.25, -0.2) is 0 Å². The van der Waals surface area contributed by atoms with Gasteiger partial charge in [0, 0.05) is 13.1 Å². The lowest BCUT2D eigenvalue weighted by molar-refractivity contribution is 0.104. The number of carbonyl (C=O) groups is 1. The van der Waals surface area contributed by atoms with Gasteiger partial charge >= 0.3 is 0 Å². The molecule has 0 aliphatic carbocycles. The highest BCUT2D eigenvalue weighted by Gasteiger charge is 2.11. The maximum Gasteiger partial charge on any atom is 0.189 e. The summed E-state index contributed by atoms with van der Waals surface area (Å²) in [7, 11) is 8.07. The molecule has 2 rings (SSSR count). The highest BCUT2D eigenvalue weighted by Crippen LogP contribution is 2.22. The number of benzene rings is 2. The van der Waals surface area contributed by atoms with Crippen molar-refractivity contribution in [1.82, 2.24) is 9.80 Å². The summed E-state index contributed by atoms with van der Waals surface area (Å²) in [4.78, 5) is 17.0. The number of nitrogens with zero attached hydrogens (tertiary/aromatic N) is 2. The molecule has 0 spiro atoms. The van der Waals surface area contributed by atoms with Crippen molar-refractivity contribution in [3.63, 3.8) is 0 Å². The molecule has 2 aromatic carbocycles. The summed E-state index contributed by atoms with van der Waals surface area (Å²) in [6, 6.07) is 13.9. The number of likely N-dealkylation sites (N-methyl/N-ethyl adjacent to an activating group) is 1. The number of carbonyl (C=O) groups excluding carboxylic acids is 1. The molecule has 0 unspecified atom stereocenters. The third kappa shape index (κ3) is 6.66. The molecule has 0 fully saturated rings. The van der Waals surface area contributed by atoms with E-state index in [1.807, 2.05) is 77.6 Å². The van der Waals surface area contributed by atoms with Crippen molar-refractivity contribution in [3.05, 3.63) is 70.8 Å². The Bertz CT molecular complexity index is 795. The monoisotopic (exact) mass is 366 g/mol. The molecule has 0 aliphatic rings. The minimum atomic E-state index is -0.0433. The summed E-state index contributed by atoms with van der Waals surface area (Å²) in [6.45, 7) is 4.16. The summed E-state index contributed by atoms with van der Waals surface area (Å²) in [5, 5.41) is 0. The van der Waals surface area contributed by atoms with E-state index in [0.717, 1.165) is 24.2 Å². The van der Waals surface area contributed by atoms with Gasteiger partial charge in [-0.1, -0.05) is 42.0 Å². The molecule has 0 atom stereocenters. The topological polar surface area (TPSA) is 32.8 Å². The van der Waals surface area contributed by atoms with Gasteiger partial charge in [-0.2, -0.15) is 0 Å². The van der Waals surface area contributed by atoms with Gasteiger partial charge in [0.1, 0.15) is 12.4 Å². The predicted molar refractivity (Wildman–Crippen MR) is 112 cm³/mol. The Balaban J connectivity index is 2.20. The molecule has 2 aromatic rings. The van der Waals surface area contributed by atoms with Gasteiger partial charge in [0.25, 0.3) is 0 Å². The van der Waals surface area contributed by atoms with Crippen LogP contribution in [0.4, 0.5) is 0 Å². The van der Waals surface area contributed by atoms with E-state index in [0.29, 0.717) is 17.9 Å². The zero-order chi connectivity index (χ0) is 19.8. The summed E-state index contributed by atoms with van der Waals surface area (Å²) in [6.07, 6.45) is 3.54. The van der Waals surface area contributed by atoms with Gasteiger partial charge in [0.15, 0.2) is 5.78 Å². The number of hydrogen-bond donors (Lipinski definition) is 0. The van der Waals surface area contributed by atoms with Crippen LogP contribution < -0.4 is 4.74 Å². The average Bonchev–Trinajstić information content (AvgIpc) is 2.61. The number of allylic oxidation sites excluding steroid dienone is 1. The number of hydrogen-bond acceptors (Lipinski definition) is 4. The minimum absolute atomic E-state index is 0.0433. The van der Waals surface area contributed by atoms with E-state index >= 15 is 0 Å². The molecule has 0 amide bonds. The van der Waals surface area contributed by atoms with Crippen LogP contribution in [0.1, 0.15) is 27.0 Å². The fourth-order valence-electron chi connectivity index (χ4n) is 2.74. The number of ether oxygens (including phenoxy) is 1. The second-order valence-corrected chi connectivity index (χ2v) is 7.29. The molecule has 0 bridgehead atoms. The third-order valence-corrected chi connectivity index (χ3v) is 4.15. The van der Waals surface area contributed by atoms with E-state index in [9.17, 15) is 4.79 Å². The predicted octanol–water partition coefficient (Wildman–Crippen LogP) is 3.89. The van der Waals surface area contributed by atoms with Gasteiger partial charge in [0.05, 0.1) is 5.56 Å². The van der Waals surface area contributed by atoms with Crippen LogP contribution in [0.3, 0.4) is 0 Å². The Morgan fingerprint density at radius 3 is 2.48 bits per heavy atom. The second kappa shape index (κ2) is 10.0. The minimum Gasteiger partial charge on any atom is -0.491 e. The normalized spacial score (nSPS) is 11.5. The lowest BCUT2D eigenvalue weighted by Gasteiger charge is -2.14. The lowest BCUT2D eigenvalue weighted by atomic mass is 10.0. The summed E-state index contributed by atoms with van der Waals surface area (Å²) >= 11 is 0. The zero-order valence-corrected chi connectivity index (χ0v) is 17.0. The van der Waals surface area contributed by atoms with Crippen LogP contribution >= 0.6 is 0 Å². The first-order valence-electron chi connectivity index (χ1n) is 9.20. The first-order valence-corrected chi connectivity index (χ1v) is 9.20. The van der Waals surface area contributed by atoms with Crippen LogP contribution in [-0.2, 0) is 6.54 Å². The van der Waals surface area contributed by atoms with Gasteiger partial charge in [-0.15, -0.1) is 0 Å². The van der Waals surface area contributed by atoms with Gasteiger partial charge in [-0.3, -0.25) is 4.79 Å². The number of ketones is 1. The smallest absolute Gasteiger partial charge is 0.189 e. The Kier molecular flexibility index (Phi) is 7.77. The molecule has 0 N–H and O–H groups in total. The van der Waals surface area contributed by atoms with Crippen molar-refractivity contribution in [2.24, 2.45) is 0 Å². The molecule has 144 valence electrons. The van der Waals surface area contributed by atoms with E-state index in [4.69, 9.17) is 4.74 Å². The van der Waals surface area contributed by atoms with Crippen molar-refractivity contribution in [2.75, 3.05) is 41.3 Å². The molecule has 0 aromatic heterocycles. The average molecular weight is 367 g/mol. The van der Waals surface area contributed by atoms with Crippen molar-refractivity contribution in [2.45, 2.75) is 13.5 Å². The molecule has 0 radical (unpaired) electrons. The highest BCUT2D eigenvalue weighted by molar-refractivity contribution is 6.08. The van der Waals surface area contributed by atoms with E-state index < -0.39 is 0 Å². The van der Waals surface area contributed by atoms with E-state index in [2.05, 4.69) is 15.9 Å². The van der Waals surface area contributed by atoms with Crippen LogP contribution in [0.15, 0.2) is 48.5 Å². The molecule has 27 heavy (non-hydrogen) atoms. The fourth-order valence-corrected chi connectivity index (χ4v) is 2.74. The highest BCUT2D eigenvalue weighted by atomic mass is 16.5. The van der Waals surface area contributed by atoms with Crippen LogP contribution in [0, 0.1) is 6.92 Å². The SMILES string of the molecule is Cc1ccc(OCCN(C)C)c(C(=O)/C=C/c2ccccc2CN(C)C)c1. The Labute approximate surface area is 163 Å². The number of rotatable bonds is 9. The molecule has 0 heterocycles. The van der Waals surface area contributed by atoms with Crippen LogP contribution in [0.5, 0.6) is 5.75 Å². The molecule has 0 saturated carbocycles.